The van der Waals surface area contributed by atoms with Crippen LogP contribution in [0.4, 0.5) is 0 Å². The molecule has 4 N–H and O–H groups in total. The minimum absolute atomic E-state index is 0.546. The van der Waals surface area contributed by atoms with Crippen LogP contribution in [0, 0.1) is 23.7 Å². The van der Waals surface area contributed by atoms with Crippen molar-refractivity contribution in [2.45, 2.75) is 114 Å². The molecule has 7 aliphatic rings. The van der Waals surface area contributed by atoms with E-state index in [-0.39, 0.29) is 0 Å². The Balaban J connectivity index is 1.25. The molecule has 42 heavy (non-hydrogen) atoms. The molecule has 2 nitrogen and oxygen atoms in total. The summed E-state index contributed by atoms with van der Waals surface area (Å²) in [6.45, 7) is 0. The first-order chi connectivity index (χ1) is 20.5. The van der Waals surface area contributed by atoms with Gasteiger partial charge in [-0.2, -0.15) is 0 Å². The van der Waals surface area contributed by atoms with Crippen LogP contribution >= 0.6 is 0 Å². The van der Waals surface area contributed by atoms with E-state index in [9.17, 15) is 0 Å². The average molecular weight is 561 g/mol. The normalized spacial score (nSPS) is 33.6. The van der Waals surface area contributed by atoms with E-state index in [0.717, 1.165) is 49.4 Å². The summed E-state index contributed by atoms with van der Waals surface area (Å²) < 4.78 is 0. The van der Waals surface area contributed by atoms with Gasteiger partial charge in [0.05, 0.1) is 11.1 Å². The van der Waals surface area contributed by atoms with Gasteiger partial charge in [0.25, 0.3) is 0 Å². The fraction of sp³-hybridized carbons (Fsp3) is 0.550. The van der Waals surface area contributed by atoms with Gasteiger partial charge < -0.3 is 11.5 Å². The van der Waals surface area contributed by atoms with E-state index in [1.54, 1.807) is 0 Å². The minimum Gasteiger partial charge on any atom is -0.320 e. The maximum atomic E-state index is 7.42. The summed E-state index contributed by atoms with van der Waals surface area (Å²) in [4.78, 5) is 0. The monoisotopic (exact) mass is 560 g/mol. The van der Waals surface area contributed by atoms with E-state index in [1.807, 2.05) is 0 Å². The summed E-state index contributed by atoms with van der Waals surface area (Å²) in [5.74, 6) is 3.09. The maximum absolute atomic E-state index is 7.42. The van der Waals surface area contributed by atoms with Crippen LogP contribution in [-0.2, 0) is 36.8 Å². The molecule has 3 aromatic rings. The molecular formula is C40H52N2. The van der Waals surface area contributed by atoms with Gasteiger partial charge in [-0.3, -0.25) is 0 Å². The summed E-state index contributed by atoms with van der Waals surface area (Å²) in [5, 5.41) is 0. The third kappa shape index (κ3) is 5.50. The fourth-order valence-corrected chi connectivity index (χ4v) is 9.60. The highest BCUT2D eigenvalue weighted by atomic mass is 14.9. The number of hydrogen-bond acceptors (Lipinski definition) is 2. The summed E-state index contributed by atoms with van der Waals surface area (Å²) in [7, 11) is 0. The number of benzene rings is 3. The molecular weight excluding hydrogens is 508 g/mol. The second kappa shape index (κ2) is 11.9. The molecule has 0 amide bonds. The second-order valence-corrected chi connectivity index (χ2v) is 14.8. The van der Waals surface area contributed by atoms with E-state index in [1.165, 1.54) is 110 Å². The average Bonchev–Trinajstić information content (AvgIpc) is 3.02. The van der Waals surface area contributed by atoms with Crippen molar-refractivity contribution < 1.29 is 0 Å². The highest BCUT2D eigenvalue weighted by Crippen LogP contribution is 2.48. The predicted molar refractivity (Wildman–Crippen MR) is 175 cm³/mol. The van der Waals surface area contributed by atoms with Crippen molar-refractivity contribution in [2.75, 3.05) is 0 Å². The van der Waals surface area contributed by atoms with Crippen LogP contribution in [0.15, 0.2) is 72.8 Å². The van der Waals surface area contributed by atoms with Gasteiger partial charge in [-0.15, -0.1) is 0 Å². The van der Waals surface area contributed by atoms with Crippen molar-refractivity contribution in [2.24, 2.45) is 35.1 Å². The molecule has 0 radical (unpaired) electrons. The van der Waals surface area contributed by atoms with E-state index in [4.69, 9.17) is 11.5 Å². The minimum atomic E-state index is -0.546. The van der Waals surface area contributed by atoms with Gasteiger partial charge in [-0.05, 0) is 121 Å². The van der Waals surface area contributed by atoms with Crippen molar-refractivity contribution in [3.8, 4) is 0 Å². The first-order valence-electron chi connectivity index (χ1n) is 17.3. The molecule has 3 saturated carbocycles. The molecule has 0 aliphatic heterocycles. The van der Waals surface area contributed by atoms with Gasteiger partial charge in [-0.25, -0.2) is 0 Å². The number of fused-ring (bicyclic) bond motifs is 3. The summed E-state index contributed by atoms with van der Waals surface area (Å²) >= 11 is 0. The zero-order chi connectivity index (χ0) is 28.6. The third-order valence-electron chi connectivity index (χ3n) is 12.3. The smallest absolute Gasteiger partial charge is 0.0634 e. The summed E-state index contributed by atoms with van der Waals surface area (Å²) in [6, 6.07) is 28.6. The topological polar surface area (TPSA) is 52.0 Å². The maximum Gasteiger partial charge on any atom is 0.0634 e. The molecule has 0 unspecified atom stereocenters. The van der Waals surface area contributed by atoms with E-state index in [2.05, 4.69) is 72.8 Å². The van der Waals surface area contributed by atoms with Gasteiger partial charge in [0.2, 0.25) is 0 Å². The Bertz CT molecular complexity index is 1220. The zero-order valence-corrected chi connectivity index (χ0v) is 25.7. The second-order valence-electron chi connectivity index (χ2n) is 14.8. The Morgan fingerprint density at radius 3 is 0.929 bits per heavy atom. The van der Waals surface area contributed by atoms with Gasteiger partial charge in [-0.1, -0.05) is 111 Å². The van der Waals surface area contributed by atoms with Crippen molar-refractivity contribution in [1.82, 2.24) is 0 Å². The predicted octanol–water partition coefficient (Wildman–Crippen LogP) is 8.77. The molecule has 0 heterocycles. The lowest BCUT2D eigenvalue weighted by Crippen LogP contribution is -2.62. The third-order valence-corrected chi connectivity index (χ3v) is 12.3. The SMILES string of the molecule is N[C@@]12CCCC[C@@]1(N)c1ccc(cc1)C[C@H]1CCCC[C@@H]1Cc1ccc(cc1)C[C@H]1CCCC[C@@H]1Cc1ccc2cc1. The Hall–Kier alpha value is -2.42. The standard InChI is InChI=1S/C40H52N2/c41-39-23-5-6-24-40(39,42)38-21-17-32(18-22-38)28-36-10-4-2-8-34(36)26-30-13-11-29(12-14-30)25-33-7-1-3-9-35(33)27-31-15-19-37(39)20-16-31/h11-22,33-36H,1-10,23-28,41-42H2/t33-,34-,35-,36-,39-,40-/m1/s1. The summed E-state index contributed by atoms with van der Waals surface area (Å²) in [6.07, 6.45) is 20.0. The Morgan fingerprint density at radius 1 is 0.381 bits per heavy atom. The van der Waals surface area contributed by atoms with Gasteiger partial charge in [0, 0.05) is 0 Å². The van der Waals surface area contributed by atoms with Crippen LogP contribution in [0.25, 0.3) is 0 Å². The lowest BCUT2D eigenvalue weighted by atomic mass is 9.61. The lowest BCUT2D eigenvalue weighted by molar-refractivity contribution is 0.146. The largest absolute Gasteiger partial charge is 0.320 e. The number of hydrogen-bond donors (Lipinski definition) is 2. The van der Waals surface area contributed by atoms with Crippen LogP contribution in [0.1, 0.15) is 110 Å². The molecule has 7 aliphatic carbocycles. The van der Waals surface area contributed by atoms with Crippen molar-refractivity contribution in [1.29, 1.82) is 0 Å². The quantitative estimate of drug-likeness (QED) is 0.289. The van der Waals surface area contributed by atoms with Gasteiger partial charge >= 0.3 is 0 Å². The molecule has 3 fully saturated rings. The van der Waals surface area contributed by atoms with E-state index >= 15 is 0 Å². The van der Waals surface area contributed by atoms with Crippen LogP contribution in [0.5, 0.6) is 0 Å². The molecule has 222 valence electrons. The highest BCUT2D eigenvalue weighted by Gasteiger charge is 2.50. The van der Waals surface area contributed by atoms with Crippen LogP contribution in [-0.4, -0.2) is 0 Å². The molecule has 0 saturated heterocycles. The first-order valence-corrected chi connectivity index (χ1v) is 17.3. The van der Waals surface area contributed by atoms with Crippen molar-refractivity contribution in [3.05, 3.63) is 106 Å². The molecule has 6 atom stereocenters. The first kappa shape index (κ1) is 28.4. The van der Waals surface area contributed by atoms with Crippen LogP contribution in [0.3, 0.4) is 0 Å². The number of nitrogens with two attached hydrogens (primary N) is 2. The highest BCUT2D eigenvalue weighted by molar-refractivity contribution is 5.40. The molecule has 6 bridgehead atoms. The van der Waals surface area contributed by atoms with Crippen molar-refractivity contribution in [3.63, 3.8) is 0 Å². The lowest BCUT2D eigenvalue weighted by Gasteiger charge is -2.50. The van der Waals surface area contributed by atoms with E-state index < -0.39 is 11.1 Å². The number of rotatable bonds is 0. The van der Waals surface area contributed by atoms with Crippen LogP contribution < -0.4 is 11.5 Å². The Labute approximate surface area is 254 Å². The molecule has 3 aromatic carbocycles. The molecule has 10 rings (SSSR count). The molecule has 2 heteroatoms. The summed E-state index contributed by atoms with van der Waals surface area (Å²) in [5.41, 5.74) is 22.2. The molecule has 0 aromatic heterocycles. The Kier molecular flexibility index (Phi) is 8.05. The fourth-order valence-electron chi connectivity index (χ4n) is 9.60. The van der Waals surface area contributed by atoms with Crippen molar-refractivity contribution >= 4 is 0 Å². The van der Waals surface area contributed by atoms with Gasteiger partial charge in [0.15, 0.2) is 0 Å². The zero-order valence-electron chi connectivity index (χ0n) is 25.7. The Morgan fingerprint density at radius 2 is 0.643 bits per heavy atom. The molecule has 0 spiro atoms. The van der Waals surface area contributed by atoms with E-state index in [0.29, 0.717) is 0 Å². The van der Waals surface area contributed by atoms with Crippen LogP contribution in [0.2, 0.25) is 0 Å². The van der Waals surface area contributed by atoms with Gasteiger partial charge in [0.1, 0.15) is 0 Å².